The van der Waals surface area contributed by atoms with Crippen molar-refractivity contribution >= 4 is 22.0 Å². The minimum Gasteiger partial charge on any atom is -0.492 e. The van der Waals surface area contributed by atoms with E-state index in [-0.39, 0.29) is 45.0 Å². The highest BCUT2D eigenvalue weighted by Crippen LogP contribution is 2.30. The fourth-order valence-corrected chi connectivity index (χ4v) is 4.04. The fraction of sp³-hybridized carbons (Fsp3) is 0.500. The molecule has 1 aromatic rings. The van der Waals surface area contributed by atoms with Gasteiger partial charge in [-0.3, -0.25) is 9.69 Å². The molecule has 3 amide bonds. The Morgan fingerprint density at radius 1 is 1.16 bits per heavy atom. The molecule has 25 heavy (non-hydrogen) atoms. The number of benzene rings is 1. The average molecular weight is 367 g/mol. The Balaban J connectivity index is 1.59. The Bertz CT molecular complexity index is 757. The summed E-state index contributed by atoms with van der Waals surface area (Å²) < 4.78 is 30.1. The number of carbonyl (C=O) groups is 2. The summed E-state index contributed by atoms with van der Waals surface area (Å²) in [5.41, 5.74) is -0.995. The number of rotatable bonds is 5. The molecule has 0 aromatic heterocycles. The monoisotopic (exact) mass is 367 g/mol. The number of ether oxygens (including phenoxy) is 1. The number of nitrogens with zero attached hydrogens (tertiary/aromatic N) is 2. The van der Waals surface area contributed by atoms with Gasteiger partial charge in [-0.1, -0.05) is 18.2 Å². The lowest BCUT2D eigenvalue weighted by Gasteiger charge is -2.35. The third-order valence-corrected chi connectivity index (χ3v) is 5.92. The zero-order valence-electron chi connectivity index (χ0n) is 14.0. The molecule has 2 aliphatic rings. The van der Waals surface area contributed by atoms with Gasteiger partial charge in [-0.05, 0) is 25.0 Å². The zero-order valence-corrected chi connectivity index (χ0v) is 14.8. The zero-order chi connectivity index (χ0) is 18.1. The minimum atomic E-state index is -3.29. The first-order chi connectivity index (χ1) is 11.8. The van der Waals surface area contributed by atoms with Crippen LogP contribution in [-0.4, -0.2) is 67.6 Å². The second-order valence-electron chi connectivity index (χ2n) is 6.29. The molecule has 1 aromatic carbocycles. The van der Waals surface area contributed by atoms with Crippen molar-refractivity contribution in [2.24, 2.45) is 0 Å². The van der Waals surface area contributed by atoms with E-state index in [9.17, 15) is 18.0 Å². The maximum atomic E-state index is 12.7. The van der Waals surface area contributed by atoms with Gasteiger partial charge >= 0.3 is 6.03 Å². The first-order valence-electron chi connectivity index (χ1n) is 8.09. The van der Waals surface area contributed by atoms with Crippen LogP contribution in [-0.2, 0) is 14.8 Å². The van der Waals surface area contributed by atoms with E-state index in [0.29, 0.717) is 5.75 Å². The largest absolute Gasteiger partial charge is 0.492 e. The van der Waals surface area contributed by atoms with Crippen molar-refractivity contribution in [2.75, 3.05) is 32.5 Å². The maximum absolute atomic E-state index is 12.7. The van der Waals surface area contributed by atoms with Crippen LogP contribution in [0, 0.1) is 0 Å². The van der Waals surface area contributed by atoms with Crippen LogP contribution in [0.3, 0.4) is 0 Å². The van der Waals surface area contributed by atoms with Gasteiger partial charge in [-0.25, -0.2) is 17.5 Å². The number of hydrogen-bond acceptors (Lipinski definition) is 5. The predicted molar refractivity (Wildman–Crippen MR) is 90.6 cm³/mol. The summed E-state index contributed by atoms with van der Waals surface area (Å²) in [4.78, 5) is 26.0. The summed E-state index contributed by atoms with van der Waals surface area (Å²) in [5, 5.41) is 2.75. The SMILES string of the molecule is CS(=O)(=O)N1CCC2(CC1)NC(=O)N(CCOc1ccccc1)C2=O. The summed E-state index contributed by atoms with van der Waals surface area (Å²) in [6, 6.07) is 8.70. The van der Waals surface area contributed by atoms with Crippen LogP contribution in [0.4, 0.5) is 4.79 Å². The number of nitrogens with one attached hydrogen (secondary N) is 1. The van der Waals surface area contributed by atoms with E-state index in [0.717, 1.165) is 11.2 Å². The van der Waals surface area contributed by atoms with E-state index in [2.05, 4.69) is 5.32 Å². The third kappa shape index (κ3) is 3.62. The molecule has 1 N–H and O–H groups in total. The molecule has 0 radical (unpaired) electrons. The molecule has 0 aliphatic carbocycles. The van der Waals surface area contributed by atoms with Gasteiger partial charge in [0, 0.05) is 13.1 Å². The number of carbonyl (C=O) groups excluding carboxylic acids is 2. The summed E-state index contributed by atoms with van der Waals surface area (Å²) in [6.07, 6.45) is 1.70. The molecule has 9 heteroatoms. The van der Waals surface area contributed by atoms with Crippen LogP contribution in [0.5, 0.6) is 5.75 Å². The molecule has 2 heterocycles. The minimum absolute atomic E-state index is 0.150. The molecular formula is C16H21N3O5S. The van der Waals surface area contributed by atoms with Crippen molar-refractivity contribution in [1.29, 1.82) is 0 Å². The van der Waals surface area contributed by atoms with Gasteiger partial charge in [0.15, 0.2) is 0 Å². The molecule has 0 unspecified atom stereocenters. The molecule has 2 fully saturated rings. The molecule has 136 valence electrons. The highest BCUT2D eigenvalue weighted by atomic mass is 32.2. The molecule has 2 saturated heterocycles. The van der Waals surface area contributed by atoms with Crippen molar-refractivity contribution < 1.29 is 22.7 Å². The van der Waals surface area contributed by atoms with Crippen LogP contribution in [0.25, 0.3) is 0 Å². The van der Waals surface area contributed by atoms with E-state index in [1.807, 2.05) is 18.2 Å². The second-order valence-corrected chi connectivity index (χ2v) is 8.28. The van der Waals surface area contributed by atoms with Crippen molar-refractivity contribution in [1.82, 2.24) is 14.5 Å². The quantitative estimate of drug-likeness (QED) is 0.761. The van der Waals surface area contributed by atoms with Crippen LogP contribution >= 0.6 is 0 Å². The van der Waals surface area contributed by atoms with E-state index in [4.69, 9.17) is 4.74 Å². The van der Waals surface area contributed by atoms with E-state index >= 15 is 0 Å². The van der Waals surface area contributed by atoms with Crippen LogP contribution < -0.4 is 10.1 Å². The highest BCUT2D eigenvalue weighted by Gasteiger charge is 2.52. The van der Waals surface area contributed by atoms with Crippen molar-refractivity contribution in [2.45, 2.75) is 18.4 Å². The molecule has 1 spiro atoms. The smallest absolute Gasteiger partial charge is 0.325 e. The Morgan fingerprint density at radius 3 is 2.40 bits per heavy atom. The number of amides is 3. The predicted octanol–water partition coefficient (Wildman–Crippen LogP) is 0.411. The van der Waals surface area contributed by atoms with Gasteiger partial charge in [-0.15, -0.1) is 0 Å². The van der Waals surface area contributed by atoms with Crippen molar-refractivity contribution in [3.8, 4) is 5.75 Å². The van der Waals surface area contributed by atoms with E-state index < -0.39 is 21.6 Å². The van der Waals surface area contributed by atoms with E-state index in [1.54, 1.807) is 12.1 Å². The van der Waals surface area contributed by atoms with Crippen LogP contribution in [0.2, 0.25) is 0 Å². The number of hydrogen-bond donors (Lipinski definition) is 1. The standard InChI is InChI=1S/C16H21N3O5S/c1-25(22,23)18-9-7-16(8-10-18)14(20)19(15(21)17-16)11-12-24-13-5-3-2-4-6-13/h2-6H,7-12H2,1H3,(H,17,21). The highest BCUT2D eigenvalue weighted by molar-refractivity contribution is 7.88. The molecule has 2 aliphatic heterocycles. The lowest BCUT2D eigenvalue weighted by Crippen LogP contribution is -2.55. The van der Waals surface area contributed by atoms with Crippen molar-refractivity contribution in [3.05, 3.63) is 30.3 Å². The van der Waals surface area contributed by atoms with Gasteiger partial charge in [0.1, 0.15) is 17.9 Å². The van der Waals surface area contributed by atoms with Crippen LogP contribution in [0.1, 0.15) is 12.8 Å². The number of urea groups is 1. The molecule has 3 rings (SSSR count). The molecule has 0 atom stereocenters. The Hall–Kier alpha value is -2.13. The van der Waals surface area contributed by atoms with Gasteiger partial charge in [0.05, 0.1) is 12.8 Å². The maximum Gasteiger partial charge on any atom is 0.325 e. The van der Waals surface area contributed by atoms with Gasteiger partial charge in [-0.2, -0.15) is 0 Å². The molecule has 8 nitrogen and oxygen atoms in total. The number of imide groups is 1. The Morgan fingerprint density at radius 2 is 1.80 bits per heavy atom. The summed E-state index contributed by atoms with van der Waals surface area (Å²) in [5.74, 6) is 0.369. The Kier molecular flexibility index (Phi) is 4.70. The molecule has 0 bridgehead atoms. The lowest BCUT2D eigenvalue weighted by atomic mass is 9.88. The normalized spacial score (nSPS) is 20.8. The van der Waals surface area contributed by atoms with Gasteiger partial charge in [0.25, 0.3) is 5.91 Å². The van der Waals surface area contributed by atoms with Crippen molar-refractivity contribution in [3.63, 3.8) is 0 Å². The fourth-order valence-electron chi connectivity index (χ4n) is 3.19. The van der Waals surface area contributed by atoms with Crippen LogP contribution in [0.15, 0.2) is 30.3 Å². The number of piperidine rings is 1. The molecular weight excluding hydrogens is 346 g/mol. The third-order valence-electron chi connectivity index (χ3n) is 4.62. The Labute approximate surface area is 146 Å². The topological polar surface area (TPSA) is 96.0 Å². The number of para-hydroxylation sites is 1. The molecule has 0 saturated carbocycles. The second kappa shape index (κ2) is 6.64. The summed E-state index contributed by atoms with van der Waals surface area (Å²) in [6.45, 7) is 0.796. The van der Waals surface area contributed by atoms with Gasteiger partial charge in [0.2, 0.25) is 10.0 Å². The van der Waals surface area contributed by atoms with Gasteiger partial charge < -0.3 is 10.1 Å². The first kappa shape index (κ1) is 17.7. The number of sulfonamides is 1. The summed E-state index contributed by atoms with van der Waals surface area (Å²) >= 11 is 0. The first-order valence-corrected chi connectivity index (χ1v) is 9.94. The summed E-state index contributed by atoms with van der Waals surface area (Å²) in [7, 11) is -3.29. The lowest BCUT2D eigenvalue weighted by molar-refractivity contribution is -0.132. The van der Waals surface area contributed by atoms with E-state index in [1.165, 1.54) is 4.31 Å². The average Bonchev–Trinajstić information content (AvgIpc) is 2.79.